The molecule has 5 heteroatoms. The number of hydrogen-bond acceptors (Lipinski definition) is 3. The highest BCUT2D eigenvalue weighted by molar-refractivity contribution is 5.94. The van der Waals surface area contributed by atoms with Gasteiger partial charge in [-0.3, -0.25) is 4.79 Å². The number of aryl methyl sites for hydroxylation is 1. The average molecular weight is 286 g/mol. The van der Waals surface area contributed by atoms with Crippen molar-refractivity contribution in [3.63, 3.8) is 0 Å². The van der Waals surface area contributed by atoms with Gasteiger partial charge in [-0.15, -0.1) is 0 Å². The van der Waals surface area contributed by atoms with E-state index in [1.54, 1.807) is 6.20 Å². The molecule has 112 valence electrons. The van der Waals surface area contributed by atoms with Crippen LogP contribution in [0, 0.1) is 0 Å². The Morgan fingerprint density at radius 2 is 2.10 bits per heavy atom. The van der Waals surface area contributed by atoms with E-state index < -0.39 is 0 Å². The molecule has 2 aromatic rings. The summed E-state index contributed by atoms with van der Waals surface area (Å²) >= 11 is 0. The fourth-order valence-electron chi connectivity index (χ4n) is 2.02. The van der Waals surface area contributed by atoms with Crippen LogP contribution in [0.15, 0.2) is 49.1 Å². The Hall–Kier alpha value is -2.14. The summed E-state index contributed by atoms with van der Waals surface area (Å²) in [6.07, 6.45) is 7.67. The minimum atomic E-state index is -0.196. The minimum absolute atomic E-state index is 0.00388. The Labute approximate surface area is 125 Å². The van der Waals surface area contributed by atoms with E-state index >= 15 is 0 Å². The summed E-state index contributed by atoms with van der Waals surface area (Å²) in [5.74, 6) is -0.00388. The van der Waals surface area contributed by atoms with E-state index in [9.17, 15) is 4.79 Å². The normalized spacial score (nSPS) is 12.0. The number of aromatic nitrogens is 2. The summed E-state index contributed by atoms with van der Waals surface area (Å²) in [6, 6.07) is 9.31. The van der Waals surface area contributed by atoms with Gasteiger partial charge in [0.15, 0.2) is 0 Å². The Morgan fingerprint density at radius 3 is 2.81 bits per heavy atom. The van der Waals surface area contributed by atoms with E-state index in [4.69, 9.17) is 0 Å². The summed E-state index contributed by atoms with van der Waals surface area (Å²) in [6.45, 7) is 3.68. The van der Waals surface area contributed by atoms with Gasteiger partial charge in [-0.05, 0) is 38.4 Å². The van der Waals surface area contributed by atoms with Crippen LogP contribution >= 0.6 is 0 Å². The first-order chi connectivity index (χ1) is 10.3. The lowest BCUT2D eigenvalue weighted by Crippen LogP contribution is -2.38. The second-order valence-corrected chi connectivity index (χ2v) is 5.04. The number of para-hydroxylation sites is 1. The fraction of sp³-hybridized carbons (Fsp3) is 0.375. The molecule has 2 rings (SSSR count). The number of unbranched alkanes of at least 4 members (excludes halogenated alkanes) is 1. The number of benzene rings is 1. The molecule has 0 aliphatic carbocycles. The quantitative estimate of drug-likeness (QED) is 0.732. The van der Waals surface area contributed by atoms with Gasteiger partial charge in [0.05, 0.1) is 12.4 Å². The lowest BCUT2D eigenvalue weighted by molar-refractivity contribution is -0.117. The number of nitrogens with zero attached hydrogens (tertiary/aromatic N) is 2. The van der Waals surface area contributed by atoms with Gasteiger partial charge in [0.25, 0.3) is 0 Å². The standard InChI is InChI=1S/C16H22N4O/c1-14(16(21)19-15-7-3-2-4-8-15)18-9-5-6-11-20-12-10-17-13-20/h2-4,7-8,10,12-14,18H,5-6,9,11H2,1H3,(H,19,21). The molecule has 0 saturated heterocycles. The number of hydrogen-bond donors (Lipinski definition) is 2. The zero-order valence-corrected chi connectivity index (χ0v) is 12.3. The van der Waals surface area contributed by atoms with Crippen LogP contribution in [0.5, 0.6) is 0 Å². The van der Waals surface area contributed by atoms with E-state index in [0.717, 1.165) is 31.6 Å². The molecule has 0 aliphatic heterocycles. The average Bonchev–Trinajstić information content (AvgIpc) is 3.01. The number of nitrogens with one attached hydrogen (secondary N) is 2. The predicted octanol–water partition coefficient (Wildman–Crippen LogP) is 2.28. The highest BCUT2D eigenvalue weighted by Crippen LogP contribution is 2.05. The molecule has 0 radical (unpaired) electrons. The third-order valence-electron chi connectivity index (χ3n) is 3.29. The molecule has 1 heterocycles. The van der Waals surface area contributed by atoms with E-state index in [1.165, 1.54) is 0 Å². The lowest BCUT2D eigenvalue weighted by Gasteiger charge is -2.14. The molecule has 2 N–H and O–H groups in total. The maximum Gasteiger partial charge on any atom is 0.241 e. The zero-order chi connectivity index (χ0) is 14.9. The van der Waals surface area contributed by atoms with Crippen LogP contribution in [0.2, 0.25) is 0 Å². The highest BCUT2D eigenvalue weighted by Gasteiger charge is 2.11. The fourth-order valence-corrected chi connectivity index (χ4v) is 2.02. The van der Waals surface area contributed by atoms with E-state index in [-0.39, 0.29) is 11.9 Å². The minimum Gasteiger partial charge on any atom is -0.337 e. The van der Waals surface area contributed by atoms with Gasteiger partial charge in [-0.2, -0.15) is 0 Å². The van der Waals surface area contributed by atoms with Crippen LogP contribution in [0.25, 0.3) is 0 Å². The monoisotopic (exact) mass is 286 g/mol. The molecule has 0 aliphatic rings. The summed E-state index contributed by atoms with van der Waals surface area (Å²) in [7, 11) is 0. The van der Waals surface area contributed by atoms with Gasteiger partial charge in [-0.25, -0.2) is 4.98 Å². The van der Waals surface area contributed by atoms with Gasteiger partial charge < -0.3 is 15.2 Å². The van der Waals surface area contributed by atoms with Crippen LogP contribution in [-0.2, 0) is 11.3 Å². The van der Waals surface area contributed by atoms with E-state index in [1.807, 2.05) is 49.8 Å². The van der Waals surface area contributed by atoms with Crippen molar-refractivity contribution in [2.75, 3.05) is 11.9 Å². The Balaban J connectivity index is 1.60. The molecule has 0 bridgehead atoms. The van der Waals surface area contributed by atoms with Crippen molar-refractivity contribution in [1.82, 2.24) is 14.9 Å². The number of rotatable bonds is 8. The van der Waals surface area contributed by atoms with Gasteiger partial charge in [0.1, 0.15) is 0 Å². The summed E-state index contributed by atoms with van der Waals surface area (Å²) in [5.41, 5.74) is 0.830. The Bertz CT molecular complexity index is 524. The molecule has 0 spiro atoms. The molecule has 21 heavy (non-hydrogen) atoms. The van der Waals surface area contributed by atoms with Gasteiger partial charge in [0.2, 0.25) is 5.91 Å². The summed E-state index contributed by atoms with van der Waals surface area (Å²) in [5, 5.41) is 6.14. The van der Waals surface area contributed by atoms with Gasteiger partial charge in [0, 0.05) is 24.6 Å². The third-order valence-corrected chi connectivity index (χ3v) is 3.29. The second kappa shape index (κ2) is 8.21. The molecule has 1 atom stereocenters. The number of carbonyl (C=O) groups is 1. The lowest BCUT2D eigenvalue weighted by atomic mass is 10.2. The maximum atomic E-state index is 12.0. The molecular weight excluding hydrogens is 264 g/mol. The molecule has 1 aromatic heterocycles. The van der Waals surface area contributed by atoms with Crippen molar-refractivity contribution in [3.05, 3.63) is 49.1 Å². The van der Waals surface area contributed by atoms with Gasteiger partial charge >= 0.3 is 0 Å². The van der Waals surface area contributed by atoms with Crippen LogP contribution in [0.4, 0.5) is 5.69 Å². The van der Waals surface area contributed by atoms with Crippen molar-refractivity contribution < 1.29 is 4.79 Å². The summed E-state index contributed by atoms with van der Waals surface area (Å²) in [4.78, 5) is 16.0. The topological polar surface area (TPSA) is 59.0 Å². The van der Waals surface area contributed by atoms with Crippen LogP contribution in [-0.4, -0.2) is 28.0 Å². The van der Waals surface area contributed by atoms with Crippen LogP contribution < -0.4 is 10.6 Å². The third kappa shape index (κ3) is 5.39. The van der Waals surface area contributed by atoms with Gasteiger partial charge in [-0.1, -0.05) is 18.2 Å². The van der Waals surface area contributed by atoms with Crippen molar-refractivity contribution in [2.24, 2.45) is 0 Å². The molecule has 5 nitrogen and oxygen atoms in total. The zero-order valence-electron chi connectivity index (χ0n) is 12.3. The smallest absolute Gasteiger partial charge is 0.241 e. The first kappa shape index (κ1) is 15.3. The highest BCUT2D eigenvalue weighted by atomic mass is 16.2. The van der Waals surface area contributed by atoms with Crippen molar-refractivity contribution in [2.45, 2.75) is 32.4 Å². The van der Waals surface area contributed by atoms with Crippen molar-refractivity contribution in [1.29, 1.82) is 0 Å². The van der Waals surface area contributed by atoms with E-state index in [2.05, 4.69) is 20.2 Å². The largest absolute Gasteiger partial charge is 0.337 e. The predicted molar refractivity (Wildman–Crippen MR) is 84.0 cm³/mol. The van der Waals surface area contributed by atoms with Crippen molar-refractivity contribution >= 4 is 11.6 Å². The molecule has 1 unspecified atom stereocenters. The van der Waals surface area contributed by atoms with Crippen molar-refractivity contribution in [3.8, 4) is 0 Å². The van der Waals surface area contributed by atoms with E-state index in [0.29, 0.717) is 0 Å². The number of imidazole rings is 1. The maximum absolute atomic E-state index is 12.0. The molecular formula is C16H22N4O. The Kier molecular flexibility index (Phi) is 5.97. The first-order valence-electron chi connectivity index (χ1n) is 7.31. The molecule has 1 amide bonds. The summed E-state index contributed by atoms with van der Waals surface area (Å²) < 4.78 is 2.06. The Morgan fingerprint density at radius 1 is 1.29 bits per heavy atom. The molecule has 0 fully saturated rings. The second-order valence-electron chi connectivity index (χ2n) is 5.04. The molecule has 1 aromatic carbocycles. The van der Waals surface area contributed by atoms with Crippen LogP contribution in [0.1, 0.15) is 19.8 Å². The SMILES string of the molecule is CC(NCCCCn1ccnc1)C(=O)Nc1ccccc1. The number of carbonyl (C=O) groups excluding carboxylic acids is 1. The molecule has 0 saturated carbocycles. The first-order valence-corrected chi connectivity index (χ1v) is 7.31. The number of amides is 1. The van der Waals surface area contributed by atoms with Crippen LogP contribution in [0.3, 0.4) is 0 Å². The number of anilines is 1.